The molecule has 5 nitrogen and oxygen atoms in total. The van der Waals surface area contributed by atoms with Crippen molar-refractivity contribution in [1.29, 1.82) is 0 Å². The minimum absolute atomic E-state index is 0.0774. The van der Waals surface area contributed by atoms with Crippen molar-refractivity contribution >= 4 is 17.5 Å². The van der Waals surface area contributed by atoms with Crippen molar-refractivity contribution in [3.63, 3.8) is 0 Å². The van der Waals surface area contributed by atoms with E-state index in [1.807, 2.05) is 25.1 Å². The number of nitrogens with one attached hydrogen (secondary N) is 2. The largest absolute Gasteiger partial charge is 0.495 e. The maximum atomic E-state index is 12.0. The Kier molecular flexibility index (Phi) is 3.50. The van der Waals surface area contributed by atoms with Gasteiger partial charge in [0.05, 0.1) is 18.7 Å². The SMILES string of the molecule is COc1ccc(C)cc1NC(=O)C1CNC(=O)C1. The number of anilines is 1. The normalized spacial score (nSPS) is 18.3. The predicted octanol–water partition coefficient (Wildman–Crippen LogP) is 1.08. The molecule has 96 valence electrons. The zero-order valence-corrected chi connectivity index (χ0v) is 10.4. The van der Waals surface area contributed by atoms with E-state index >= 15 is 0 Å². The first-order valence-corrected chi connectivity index (χ1v) is 5.82. The van der Waals surface area contributed by atoms with Crippen LogP contribution in [0.3, 0.4) is 0 Å². The lowest BCUT2D eigenvalue weighted by molar-refractivity contribution is -0.123. The molecule has 0 aliphatic carbocycles. The Morgan fingerprint density at radius 1 is 1.50 bits per heavy atom. The van der Waals surface area contributed by atoms with Crippen molar-refractivity contribution in [2.75, 3.05) is 19.0 Å². The molecule has 1 unspecified atom stereocenters. The van der Waals surface area contributed by atoms with Gasteiger partial charge in [0.25, 0.3) is 0 Å². The Balaban J connectivity index is 2.11. The number of carbonyl (C=O) groups is 2. The van der Waals surface area contributed by atoms with Crippen LogP contribution in [0.1, 0.15) is 12.0 Å². The summed E-state index contributed by atoms with van der Waals surface area (Å²) in [6.07, 6.45) is 0.250. The summed E-state index contributed by atoms with van der Waals surface area (Å²) >= 11 is 0. The van der Waals surface area contributed by atoms with Gasteiger partial charge in [-0.1, -0.05) is 6.07 Å². The van der Waals surface area contributed by atoms with Crippen LogP contribution in [0.2, 0.25) is 0 Å². The molecule has 18 heavy (non-hydrogen) atoms. The third kappa shape index (κ3) is 2.61. The predicted molar refractivity (Wildman–Crippen MR) is 67.5 cm³/mol. The van der Waals surface area contributed by atoms with Crippen molar-refractivity contribution < 1.29 is 14.3 Å². The van der Waals surface area contributed by atoms with Gasteiger partial charge in [-0.2, -0.15) is 0 Å². The van der Waals surface area contributed by atoms with Gasteiger partial charge in [0, 0.05) is 13.0 Å². The van der Waals surface area contributed by atoms with Crippen LogP contribution in [0.25, 0.3) is 0 Å². The summed E-state index contributed by atoms with van der Waals surface area (Å²) < 4.78 is 5.19. The average molecular weight is 248 g/mol. The first-order chi connectivity index (χ1) is 8.60. The van der Waals surface area contributed by atoms with Crippen LogP contribution >= 0.6 is 0 Å². The minimum atomic E-state index is -0.303. The first kappa shape index (κ1) is 12.4. The molecular formula is C13H16N2O3. The second-order valence-electron chi connectivity index (χ2n) is 4.40. The number of rotatable bonds is 3. The molecule has 0 radical (unpaired) electrons. The van der Waals surface area contributed by atoms with Crippen molar-refractivity contribution in [2.24, 2.45) is 5.92 Å². The van der Waals surface area contributed by atoms with Gasteiger partial charge in [-0.05, 0) is 24.6 Å². The smallest absolute Gasteiger partial charge is 0.229 e. The molecule has 2 amide bonds. The van der Waals surface area contributed by atoms with E-state index in [0.29, 0.717) is 18.0 Å². The Labute approximate surface area is 106 Å². The summed E-state index contributed by atoms with van der Waals surface area (Å²) in [7, 11) is 1.56. The number of benzene rings is 1. The Morgan fingerprint density at radius 3 is 2.89 bits per heavy atom. The lowest BCUT2D eigenvalue weighted by Gasteiger charge is -2.13. The molecular weight excluding hydrogens is 232 g/mol. The Bertz CT molecular complexity index is 485. The summed E-state index contributed by atoms with van der Waals surface area (Å²) in [6.45, 7) is 2.34. The molecule has 1 aliphatic heterocycles. The van der Waals surface area contributed by atoms with E-state index in [1.165, 1.54) is 0 Å². The fourth-order valence-electron chi connectivity index (χ4n) is 1.94. The molecule has 1 saturated heterocycles. The molecule has 1 aliphatic rings. The second kappa shape index (κ2) is 5.08. The van der Waals surface area contributed by atoms with E-state index < -0.39 is 0 Å². The number of ether oxygens (including phenoxy) is 1. The fraction of sp³-hybridized carbons (Fsp3) is 0.385. The molecule has 1 heterocycles. The van der Waals surface area contributed by atoms with Gasteiger partial charge in [0.15, 0.2) is 0 Å². The molecule has 0 spiro atoms. The van der Waals surface area contributed by atoms with E-state index in [0.717, 1.165) is 5.56 Å². The minimum Gasteiger partial charge on any atom is -0.495 e. The lowest BCUT2D eigenvalue weighted by atomic mass is 10.1. The Hall–Kier alpha value is -2.04. The molecule has 0 saturated carbocycles. The highest BCUT2D eigenvalue weighted by Crippen LogP contribution is 2.26. The highest BCUT2D eigenvalue weighted by Gasteiger charge is 2.28. The maximum Gasteiger partial charge on any atom is 0.229 e. The fourth-order valence-corrected chi connectivity index (χ4v) is 1.94. The second-order valence-corrected chi connectivity index (χ2v) is 4.40. The lowest BCUT2D eigenvalue weighted by Crippen LogP contribution is -2.24. The van der Waals surface area contributed by atoms with Gasteiger partial charge in [-0.25, -0.2) is 0 Å². The van der Waals surface area contributed by atoms with Crippen LogP contribution in [-0.2, 0) is 9.59 Å². The standard InChI is InChI=1S/C13H16N2O3/c1-8-3-4-11(18-2)10(5-8)15-13(17)9-6-12(16)14-7-9/h3-5,9H,6-7H2,1-2H3,(H,14,16)(H,15,17). The van der Waals surface area contributed by atoms with Crippen LogP contribution in [-0.4, -0.2) is 25.5 Å². The zero-order chi connectivity index (χ0) is 13.1. The van der Waals surface area contributed by atoms with Crippen molar-refractivity contribution in [3.05, 3.63) is 23.8 Å². The molecule has 1 aromatic carbocycles. The number of hydrogen-bond donors (Lipinski definition) is 2. The van der Waals surface area contributed by atoms with Crippen molar-refractivity contribution in [2.45, 2.75) is 13.3 Å². The quantitative estimate of drug-likeness (QED) is 0.841. The number of aryl methyl sites for hydroxylation is 1. The third-order valence-electron chi connectivity index (χ3n) is 2.96. The van der Waals surface area contributed by atoms with Crippen LogP contribution in [0.4, 0.5) is 5.69 Å². The van der Waals surface area contributed by atoms with Gasteiger partial charge in [-0.15, -0.1) is 0 Å². The first-order valence-electron chi connectivity index (χ1n) is 5.82. The molecule has 1 atom stereocenters. The monoisotopic (exact) mass is 248 g/mol. The summed E-state index contributed by atoms with van der Waals surface area (Å²) in [5.74, 6) is 0.0811. The van der Waals surface area contributed by atoms with Gasteiger partial charge in [0.1, 0.15) is 5.75 Å². The van der Waals surface area contributed by atoms with Gasteiger partial charge in [0.2, 0.25) is 11.8 Å². The average Bonchev–Trinajstić information content (AvgIpc) is 2.76. The van der Waals surface area contributed by atoms with Crippen molar-refractivity contribution in [3.8, 4) is 5.75 Å². The number of methoxy groups -OCH3 is 1. The number of carbonyl (C=O) groups excluding carboxylic acids is 2. The highest BCUT2D eigenvalue weighted by atomic mass is 16.5. The van der Waals surface area contributed by atoms with Gasteiger partial charge < -0.3 is 15.4 Å². The molecule has 2 N–H and O–H groups in total. The summed E-state index contributed by atoms with van der Waals surface area (Å²) in [4.78, 5) is 23.1. The number of hydrogen-bond acceptors (Lipinski definition) is 3. The van der Waals surface area contributed by atoms with Gasteiger partial charge in [-0.3, -0.25) is 9.59 Å². The molecule has 2 rings (SSSR count). The van der Waals surface area contributed by atoms with Crippen LogP contribution < -0.4 is 15.4 Å². The van der Waals surface area contributed by atoms with Gasteiger partial charge >= 0.3 is 0 Å². The topological polar surface area (TPSA) is 67.4 Å². The van der Waals surface area contributed by atoms with Crippen LogP contribution in [0.15, 0.2) is 18.2 Å². The van der Waals surface area contributed by atoms with Crippen LogP contribution in [0.5, 0.6) is 5.75 Å². The maximum absolute atomic E-state index is 12.0. The molecule has 5 heteroatoms. The number of amides is 2. The molecule has 0 aromatic heterocycles. The summed E-state index contributed by atoms with van der Waals surface area (Å²) in [5, 5.41) is 5.45. The molecule has 1 aromatic rings. The van der Waals surface area contributed by atoms with E-state index in [9.17, 15) is 9.59 Å². The zero-order valence-electron chi connectivity index (χ0n) is 10.4. The summed E-state index contributed by atoms with van der Waals surface area (Å²) in [6, 6.07) is 5.57. The highest BCUT2D eigenvalue weighted by molar-refractivity contribution is 5.98. The Morgan fingerprint density at radius 2 is 2.28 bits per heavy atom. The van der Waals surface area contributed by atoms with E-state index in [1.54, 1.807) is 7.11 Å². The van der Waals surface area contributed by atoms with E-state index in [-0.39, 0.29) is 24.2 Å². The van der Waals surface area contributed by atoms with E-state index in [4.69, 9.17) is 4.74 Å². The third-order valence-corrected chi connectivity index (χ3v) is 2.96. The van der Waals surface area contributed by atoms with Crippen molar-refractivity contribution in [1.82, 2.24) is 5.32 Å². The summed E-state index contributed by atoms with van der Waals surface area (Å²) in [5.41, 5.74) is 1.67. The van der Waals surface area contributed by atoms with Crippen LogP contribution in [0, 0.1) is 12.8 Å². The van der Waals surface area contributed by atoms with E-state index in [2.05, 4.69) is 10.6 Å². The molecule has 1 fully saturated rings. The molecule has 0 bridgehead atoms.